The first-order valence-electron chi connectivity index (χ1n) is 4.12. The maximum atomic E-state index is 4.27. The zero-order valence-corrected chi connectivity index (χ0v) is 7.89. The lowest BCUT2D eigenvalue weighted by molar-refractivity contribution is 1.03. The Hall–Kier alpha value is -1.18. The average Bonchev–Trinajstić information content (AvgIpc) is 2.08. The zero-order chi connectivity index (χ0) is 9.14. The van der Waals surface area contributed by atoms with E-state index in [1.165, 1.54) is 5.56 Å². The Morgan fingerprint density at radius 3 is 2.58 bits per heavy atom. The Morgan fingerprint density at radius 2 is 2.17 bits per heavy atom. The van der Waals surface area contributed by atoms with Gasteiger partial charge in [-0.1, -0.05) is 6.92 Å². The predicted molar refractivity (Wildman–Crippen MR) is 52.3 cm³/mol. The molecule has 1 rings (SSSR count). The number of hydrogen-bond donors (Lipinski definition) is 0. The lowest BCUT2D eigenvalue weighted by Crippen LogP contribution is -1.93. The van der Waals surface area contributed by atoms with Crippen LogP contribution in [-0.2, 0) is 6.42 Å². The summed E-state index contributed by atoms with van der Waals surface area (Å²) in [4.78, 5) is 8.28. The lowest BCUT2D eigenvalue weighted by atomic mass is 10.1. The molecule has 0 N–H and O–H groups in total. The maximum absolute atomic E-state index is 4.27. The molecule has 0 fully saturated rings. The number of pyridine rings is 1. The molecule has 0 atom stereocenters. The van der Waals surface area contributed by atoms with Gasteiger partial charge in [0.25, 0.3) is 0 Å². The number of hydrogen-bond acceptors (Lipinski definition) is 2. The van der Waals surface area contributed by atoms with Crippen LogP contribution in [0.15, 0.2) is 11.2 Å². The van der Waals surface area contributed by atoms with Crippen LogP contribution >= 0.6 is 0 Å². The Morgan fingerprint density at radius 1 is 1.50 bits per heavy atom. The Kier molecular flexibility index (Phi) is 2.58. The van der Waals surface area contributed by atoms with Crippen LogP contribution in [0.2, 0.25) is 0 Å². The van der Waals surface area contributed by atoms with Crippen molar-refractivity contribution in [3.05, 3.63) is 23.0 Å². The van der Waals surface area contributed by atoms with Crippen molar-refractivity contribution in [1.82, 2.24) is 4.98 Å². The van der Waals surface area contributed by atoms with E-state index in [1.54, 1.807) is 0 Å². The van der Waals surface area contributed by atoms with E-state index < -0.39 is 0 Å². The molecule has 0 radical (unpaired) electrons. The van der Waals surface area contributed by atoms with Gasteiger partial charge in [-0.3, -0.25) is 9.98 Å². The van der Waals surface area contributed by atoms with E-state index in [2.05, 4.69) is 23.6 Å². The molecule has 2 heteroatoms. The van der Waals surface area contributed by atoms with Crippen molar-refractivity contribution in [2.45, 2.75) is 27.2 Å². The number of aryl methyl sites for hydroxylation is 2. The molecule has 0 aromatic carbocycles. The summed E-state index contributed by atoms with van der Waals surface area (Å²) in [5.41, 5.74) is 4.38. The molecule has 1 heterocycles. The van der Waals surface area contributed by atoms with E-state index in [-0.39, 0.29) is 0 Å². The molecule has 12 heavy (non-hydrogen) atoms. The summed E-state index contributed by atoms with van der Waals surface area (Å²) >= 11 is 0. The van der Waals surface area contributed by atoms with Crippen LogP contribution in [0.25, 0.3) is 0 Å². The van der Waals surface area contributed by atoms with Gasteiger partial charge in [0, 0.05) is 11.9 Å². The van der Waals surface area contributed by atoms with E-state index >= 15 is 0 Å². The smallest absolute Gasteiger partial charge is 0.0716 e. The molecule has 0 amide bonds. The van der Waals surface area contributed by atoms with Crippen molar-refractivity contribution >= 4 is 12.4 Å². The van der Waals surface area contributed by atoms with Crippen LogP contribution in [0.3, 0.4) is 0 Å². The Bertz CT molecular complexity index is 303. The first kappa shape index (κ1) is 8.91. The molecule has 0 unspecified atom stereocenters. The maximum Gasteiger partial charge on any atom is 0.0716 e. The van der Waals surface area contributed by atoms with Crippen LogP contribution in [0, 0.1) is 13.8 Å². The fourth-order valence-corrected chi connectivity index (χ4v) is 1.39. The van der Waals surface area contributed by atoms with Crippen molar-refractivity contribution < 1.29 is 0 Å². The van der Waals surface area contributed by atoms with Crippen LogP contribution < -0.4 is 0 Å². The molecule has 1 aromatic rings. The molecule has 2 nitrogen and oxygen atoms in total. The Labute approximate surface area is 73.4 Å². The minimum absolute atomic E-state index is 0.967. The van der Waals surface area contributed by atoms with Gasteiger partial charge in [0.15, 0.2) is 0 Å². The molecule has 0 bridgehead atoms. The van der Waals surface area contributed by atoms with Crippen LogP contribution in [-0.4, -0.2) is 11.7 Å². The molecule has 0 aliphatic heterocycles. The first-order chi connectivity index (χ1) is 5.70. The van der Waals surface area contributed by atoms with Gasteiger partial charge in [-0.05, 0) is 38.1 Å². The summed E-state index contributed by atoms with van der Waals surface area (Å²) in [6.07, 6.45) is 2.81. The molecule has 0 aliphatic rings. The van der Waals surface area contributed by atoms with Crippen molar-refractivity contribution in [2.24, 2.45) is 4.99 Å². The lowest BCUT2D eigenvalue weighted by Gasteiger charge is -2.07. The Balaban J connectivity index is 3.38. The average molecular weight is 162 g/mol. The second kappa shape index (κ2) is 3.48. The minimum Gasteiger partial charge on any atom is -0.264 e. The largest absolute Gasteiger partial charge is 0.264 e. The summed E-state index contributed by atoms with van der Waals surface area (Å²) in [7, 11) is 0. The monoisotopic (exact) mass is 162 g/mol. The normalized spacial score (nSPS) is 9.92. The van der Waals surface area contributed by atoms with Gasteiger partial charge in [-0.15, -0.1) is 0 Å². The van der Waals surface area contributed by atoms with Crippen molar-refractivity contribution in [2.75, 3.05) is 0 Å². The number of rotatable bonds is 2. The molecule has 0 aliphatic carbocycles. The van der Waals surface area contributed by atoms with Crippen molar-refractivity contribution in [1.29, 1.82) is 0 Å². The van der Waals surface area contributed by atoms with Crippen LogP contribution in [0.1, 0.15) is 23.7 Å². The third kappa shape index (κ3) is 1.37. The molecule has 0 spiro atoms. The van der Waals surface area contributed by atoms with Gasteiger partial charge in [0.1, 0.15) is 0 Å². The van der Waals surface area contributed by atoms with Crippen molar-refractivity contribution in [3.8, 4) is 0 Å². The number of aliphatic imine (C=N–C) groups is 1. The summed E-state index contributed by atoms with van der Waals surface area (Å²) in [6, 6.07) is 0. The fraction of sp³-hybridized carbons (Fsp3) is 0.400. The fourth-order valence-electron chi connectivity index (χ4n) is 1.39. The van der Waals surface area contributed by atoms with Gasteiger partial charge in [0.2, 0.25) is 0 Å². The van der Waals surface area contributed by atoms with Gasteiger partial charge < -0.3 is 0 Å². The SMILES string of the molecule is C=Nc1c(C)cnc(C)c1CC. The highest BCUT2D eigenvalue weighted by molar-refractivity contribution is 5.57. The first-order valence-corrected chi connectivity index (χ1v) is 4.12. The van der Waals surface area contributed by atoms with Crippen LogP contribution in [0.4, 0.5) is 5.69 Å². The third-order valence-corrected chi connectivity index (χ3v) is 2.06. The summed E-state index contributed by atoms with van der Waals surface area (Å²) < 4.78 is 0. The highest BCUT2D eigenvalue weighted by Gasteiger charge is 2.05. The van der Waals surface area contributed by atoms with Gasteiger partial charge >= 0.3 is 0 Å². The summed E-state index contributed by atoms with van der Waals surface area (Å²) in [6.45, 7) is 9.69. The van der Waals surface area contributed by atoms with Crippen LogP contribution in [0.5, 0.6) is 0 Å². The highest BCUT2D eigenvalue weighted by atomic mass is 14.8. The van der Waals surface area contributed by atoms with E-state index in [0.29, 0.717) is 0 Å². The van der Waals surface area contributed by atoms with E-state index in [0.717, 1.165) is 23.4 Å². The molecular formula is C10H14N2. The van der Waals surface area contributed by atoms with Gasteiger partial charge in [0.05, 0.1) is 5.69 Å². The molecule has 1 aromatic heterocycles. The van der Waals surface area contributed by atoms with Crippen molar-refractivity contribution in [3.63, 3.8) is 0 Å². The topological polar surface area (TPSA) is 25.2 Å². The van der Waals surface area contributed by atoms with E-state index in [9.17, 15) is 0 Å². The molecule has 0 saturated carbocycles. The van der Waals surface area contributed by atoms with E-state index in [1.807, 2.05) is 20.0 Å². The molecule has 64 valence electrons. The zero-order valence-electron chi connectivity index (χ0n) is 7.89. The summed E-state index contributed by atoms with van der Waals surface area (Å²) in [5.74, 6) is 0. The highest BCUT2D eigenvalue weighted by Crippen LogP contribution is 2.24. The standard InChI is InChI=1S/C10H14N2/c1-5-9-8(3)12-6-7(2)10(9)11-4/h6H,4-5H2,1-3H3. The predicted octanol–water partition coefficient (Wildman–Crippen LogP) is 2.59. The molecule has 0 saturated heterocycles. The number of nitrogens with zero attached hydrogens (tertiary/aromatic N) is 2. The quantitative estimate of drug-likeness (QED) is 0.613. The summed E-state index contributed by atoms with van der Waals surface area (Å²) in [5, 5.41) is 0. The third-order valence-electron chi connectivity index (χ3n) is 2.06. The molecular weight excluding hydrogens is 148 g/mol. The van der Waals surface area contributed by atoms with Gasteiger partial charge in [-0.2, -0.15) is 0 Å². The minimum atomic E-state index is 0.967. The number of aromatic nitrogens is 1. The van der Waals surface area contributed by atoms with Gasteiger partial charge in [-0.25, -0.2) is 0 Å². The second-order valence-corrected chi connectivity index (χ2v) is 2.87. The van der Waals surface area contributed by atoms with E-state index in [4.69, 9.17) is 0 Å². The second-order valence-electron chi connectivity index (χ2n) is 2.87.